The molecule has 0 radical (unpaired) electrons. The van der Waals surface area contributed by atoms with E-state index in [4.69, 9.17) is 16.0 Å². The van der Waals surface area contributed by atoms with Gasteiger partial charge in [-0.05, 0) is 60.9 Å². The van der Waals surface area contributed by atoms with Crippen LogP contribution in [-0.4, -0.2) is 60.5 Å². The SMILES string of the molecule is O=C(Nc1cc(C(=O)N2CCN(c3ccccc3Cl)CC2)ccc1N1CC2CC(C1)c1cccc(=O)n1C2)c1cc2ccccc2oc1=O. The highest BCUT2D eigenvalue weighted by Crippen LogP contribution is 2.39. The zero-order valence-electron chi connectivity index (χ0n) is 26.7. The number of aromatic nitrogens is 1. The quantitative estimate of drug-likeness (QED) is 0.247. The van der Waals surface area contributed by atoms with E-state index in [1.165, 1.54) is 6.07 Å². The first kappa shape index (κ1) is 31.0. The van der Waals surface area contributed by atoms with Gasteiger partial charge in [0.2, 0.25) is 0 Å². The zero-order chi connectivity index (χ0) is 33.6. The molecule has 2 unspecified atom stereocenters. The number of pyridine rings is 1. The summed E-state index contributed by atoms with van der Waals surface area (Å²) in [4.78, 5) is 59.4. The van der Waals surface area contributed by atoms with E-state index < -0.39 is 11.5 Å². The number of nitrogens with one attached hydrogen (secondary N) is 1. The van der Waals surface area contributed by atoms with Gasteiger partial charge >= 0.3 is 5.63 Å². The summed E-state index contributed by atoms with van der Waals surface area (Å²) >= 11 is 6.43. The van der Waals surface area contributed by atoms with Gasteiger partial charge in [-0.15, -0.1) is 0 Å². The summed E-state index contributed by atoms with van der Waals surface area (Å²) in [6, 6.07) is 27.1. The summed E-state index contributed by atoms with van der Waals surface area (Å²) in [5, 5.41) is 4.27. The number of halogens is 1. The van der Waals surface area contributed by atoms with E-state index in [1.807, 2.05) is 58.0 Å². The second-order valence-electron chi connectivity index (χ2n) is 13.0. The number of hydrogen-bond acceptors (Lipinski definition) is 7. The predicted octanol–water partition coefficient (Wildman–Crippen LogP) is 5.45. The fraction of sp³-hybridized carbons (Fsp3) is 0.263. The lowest BCUT2D eigenvalue weighted by Gasteiger charge is -2.44. The van der Waals surface area contributed by atoms with Crippen LogP contribution in [0.2, 0.25) is 5.02 Å². The second-order valence-corrected chi connectivity index (χ2v) is 13.4. The summed E-state index contributed by atoms with van der Waals surface area (Å²) in [5.41, 5.74) is 3.12. The van der Waals surface area contributed by atoms with Crippen LogP contribution in [0.5, 0.6) is 0 Å². The van der Waals surface area contributed by atoms with Crippen LogP contribution in [0.25, 0.3) is 11.0 Å². The van der Waals surface area contributed by atoms with Crippen molar-refractivity contribution in [2.24, 2.45) is 5.92 Å². The number of fused-ring (bicyclic) bond motifs is 5. The number of benzene rings is 3. The van der Waals surface area contributed by atoms with E-state index in [9.17, 15) is 19.2 Å². The third-order valence-corrected chi connectivity index (χ3v) is 10.3. The largest absolute Gasteiger partial charge is 0.422 e. The van der Waals surface area contributed by atoms with Gasteiger partial charge in [0.25, 0.3) is 17.4 Å². The number of amides is 2. The highest BCUT2D eigenvalue weighted by molar-refractivity contribution is 6.33. The fourth-order valence-electron chi connectivity index (χ4n) is 7.59. The Hall–Kier alpha value is -5.35. The molecule has 11 heteroatoms. The molecule has 2 aromatic heterocycles. The number of nitrogens with zero attached hydrogens (tertiary/aromatic N) is 4. The Kier molecular flexibility index (Phi) is 7.95. The molecule has 3 aromatic carbocycles. The van der Waals surface area contributed by atoms with E-state index in [1.54, 1.807) is 36.4 Å². The lowest BCUT2D eigenvalue weighted by atomic mass is 9.83. The maximum Gasteiger partial charge on any atom is 0.349 e. The summed E-state index contributed by atoms with van der Waals surface area (Å²) in [5.74, 6) is -0.394. The van der Waals surface area contributed by atoms with Crippen LogP contribution < -0.4 is 26.3 Å². The molecule has 0 saturated carbocycles. The van der Waals surface area contributed by atoms with Gasteiger partial charge in [-0.2, -0.15) is 0 Å². The standard InChI is InChI=1S/C38H34ClN5O5/c39-29-7-2-3-8-32(29)41-14-16-42(17-15-41)37(47)26-12-13-33(43-21-24-18-27(23-43)31-9-5-11-35(45)44(31)22-24)30(20-26)40-36(46)28-19-25-6-1-4-10-34(25)49-38(28)48/h1-13,19-20,24,27H,14-18,21-23H2,(H,40,46). The molecule has 2 amide bonds. The molecular formula is C38H34ClN5O5. The minimum Gasteiger partial charge on any atom is -0.422 e. The maximum atomic E-state index is 13.9. The molecule has 0 spiro atoms. The number of piperidine rings is 1. The Balaban J connectivity index is 1.10. The molecule has 5 heterocycles. The minimum absolute atomic E-state index is 0.0124. The Bertz CT molecular complexity index is 2220. The Morgan fingerprint density at radius 3 is 2.41 bits per heavy atom. The van der Waals surface area contributed by atoms with Gasteiger partial charge in [0, 0.05) is 74.4 Å². The number of para-hydroxylation sites is 2. The summed E-state index contributed by atoms with van der Waals surface area (Å²) in [6.07, 6.45) is 0.969. The molecular weight excluding hydrogens is 642 g/mol. The number of carbonyl (C=O) groups excluding carboxylic acids is 2. The molecule has 2 bridgehead atoms. The monoisotopic (exact) mass is 675 g/mol. The molecule has 10 nitrogen and oxygen atoms in total. The van der Waals surface area contributed by atoms with Crippen molar-refractivity contribution in [3.63, 3.8) is 0 Å². The van der Waals surface area contributed by atoms with Crippen LogP contribution in [0.3, 0.4) is 0 Å². The second kappa shape index (κ2) is 12.6. The third kappa shape index (κ3) is 5.86. The van der Waals surface area contributed by atoms with Gasteiger partial charge < -0.3 is 29.0 Å². The molecule has 3 aliphatic heterocycles. The molecule has 0 aliphatic carbocycles. The minimum atomic E-state index is -0.740. The summed E-state index contributed by atoms with van der Waals surface area (Å²) in [6.45, 7) is 4.23. The number of piperazine rings is 1. The highest BCUT2D eigenvalue weighted by Gasteiger charge is 2.36. The molecule has 2 fully saturated rings. The van der Waals surface area contributed by atoms with Crippen molar-refractivity contribution in [1.82, 2.24) is 9.47 Å². The molecule has 8 rings (SSSR count). The maximum absolute atomic E-state index is 13.9. The molecule has 5 aromatic rings. The van der Waals surface area contributed by atoms with Crippen LogP contribution in [0.4, 0.5) is 17.1 Å². The van der Waals surface area contributed by atoms with Gasteiger partial charge in [-0.3, -0.25) is 14.4 Å². The van der Waals surface area contributed by atoms with Crippen LogP contribution in [-0.2, 0) is 6.54 Å². The van der Waals surface area contributed by atoms with Gasteiger partial charge in [0.05, 0.1) is 22.1 Å². The summed E-state index contributed by atoms with van der Waals surface area (Å²) in [7, 11) is 0. The Labute approximate surface area is 287 Å². The van der Waals surface area contributed by atoms with Gasteiger partial charge in [-0.25, -0.2) is 4.79 Å². The van der Waals surface area contributed by atoms with Crippen LogP contribution >= 0.6 is 11.6 Å². The lowest BCUT2D eigenvalue weighted by Crippen LogP contribution is -2.49. The van der Waals surface area contributed by atoms with Gasteiger partial charge in [0.1, 0.15) is 11.1 Å². The molecule has 3 aliphatic rings. The van der Waals surface area contributed by atoms with Gasteiger partial charge in [-0.1, -0.05) is 48.0 Å². The van der Waals surface area contributed by atoms with E-state index >= 15 is 0 Å². The van der Waals surface area contributed by atoms with E-state index in [-0.39, 0.29) is 28.9 Å². The van der Waals surface area contributed by atoms with Crippen molar-refractivity contribution in [3.05, 3.63) is 134 Å². The van der Waals surface area contributed by atoms with E-state index in [2.05, 4.69) is 15.1 Å². The van der Waals surface area contributed by atoms with Crippen LogP contribution in [0.15, 0.2) is 105 Å². The molecule has 248 valence electrons. The van der Waals surface area contributed by atoms with Crippen molar-refractivity contribution < 1.29 is 14.0 Å². The summed E-state index contributed by atoms with van der Waals surface area (Å²) < 4.78 is 7.33. The van der Waals surface area contributed by atoms with Crippen molar-refractivity contribution in [3.8, 4) is 0 Å². The zero-order valence-corrected chi connectivity index (χ0v) is 27.4. The first-order valence-electron chi connectivity index (χ1n) is 16.5. The number of hydrogen-bond donors (Lipinski definition) is 1. The first-order valence-corrected chi connectivity index (χ1v) is 16.9. The fourth-order valence-corrected chi connectivity index (χ4v) is 7.84. The average molecular weight is 676 g/mol. The van der Waals surface area contributed by atoms with Crippen LogP contribution in [0, 0.1) is 5.92 Å². The highest BCUT2D eigenvalue weighted by atomic mass is 35.5. The van der Waals surface area contributed by atoms with Crippen molar-refractivity contribution in [2.75, 3.05) is 54.4 Å². The number of carbonyl (C=O) groups is 2. The molecule has 1 N–H and O–H groups in total. The molecule has 49 heavy (non-hydrogen) atoms. The van der Waals surface area contributed by atoms with E-state index in [0.29, 0.717) is 73.1 Å². The van der Waals surface area contributed by atoms with E-state index in [0.717, 1.165) is 23.5 Å². The van der Waals surface area contributed by atoms with Crippen molar-refractivity contribution in [1.29, 1.82) is 0 Å². The smallest absolute Gasteiger partial charge is 0.349 e. The lowest BCUT2D eigenvalue weighted by molar-refractivity contribution is 0.0746. The van der Waals surface area contributed by atoms with Crippen molar-refractivity contribution in [2.45, 2.75) is 18.9 Å². The molecule has 2 atom stereocenters. The van der Waals surface area contributed by atoms with Crippen LogP contribution in [0.1, 0.15) is 38.7 Å². The van der Waals surface area contributed by atoms with Crippen molar-refractivity contribution >= 4 is 51.4 Å². The first-order chi connectivity index (χ1) is 23.8. The predicted molar refractivity (Wildman–Crippen MR) is 190 cm³/mol. The Morgan fingerprint density at radius 1 is 0.776 bits per heavy atom. The van der Waals surface area contributed by atoms with Gasteiger partial charge in [0.15, 0.2) is 0 Å². The average Bonchev–Trinajstić information content (AvgIpc) is 3.11. The normalized spacial score (nSPS) is 18.7. The number of anilines is 3. The third-order valence-electron chi connectivity index (χ3n) is 9.96. The molecule has 2 saturated heterocycles. The number of rotatable bonds is 5. The Morgan fingerprint density at radius 2 is 1.57 bits per heavy atom. The topological polar surface area (TPSA) is 108 Å².